The summed E-state index contributed by atoms with van der Waals surface area (Å²) in [5.74, 6) is 0.614. The molecule has 1 aliphatic heterocycles. The summed E-state index contributed by atoms with van der Waals surface area (Å²) in [6, 6.07) is 1.64. The van der Waals surface area contributed by atoms with E-state index in [1.807, 2.05) is 0 Å². The lowest BCUT2D eigenvalue weighted by atomic mass is 10.1. The summed E-state index contributed by atoms with van der Waals surface area (Å²) in [5.41, 5.74) is 0. The molecule has 0 radical (unpaired) electrons. The molecule has 0 bridgehead atoms. The third-order valence-corrected chi connectivity index (χ3v) is 3.44. The van der Waals surface area contributed by atoms with Gasteiger partial charge in [-0.3, -0.25) is 9.36 Å². The van der Waals surface area contributed by atoms with Crippen LogP contribution in [-0.2, 0) is 4.79 Å². The molecule has 9 heteroatoms. The van der Waals surface area contributed by atoms with E-state index in [-0.39, 0.29) is 17.1 Å². The summed E-state index contributed by atoms with van der Waals surface area (Å²) >= 11 is 5.98. The number of amides is 1. The van der Waals surface area contributed by atoms with Gasteiger partial charge in [0.15, 0.2) is 0 Å². The minimum atomic E-state index is -0.118. The SMILES string of the molecule is O=C(CC1CNCCN1)Nc1cc(Cl)nc(-n2ccnc2)n1. The van der Waals surface area contributed by atoms with Gasteiger partial charge < -0.3 is 16.0 Å². The smallest absolute Gasteiger partial charge is 0.238 e. The van der Waals surface area contributed by atoms with Crippen molar-refractivity contribution < 1.29 is 4.79 Å². The minimum absolute atomic E-state index is 0.118. The molecule has 2 aromatic heterocycles. The molecule has 3 rings (SSSR count). The van der Waals surface area contributed by atoms with Gasteiger partial charge in [-0.25, -0.2) is 9.97 Å². The molecule has 3 heterocycles. The Labute approximate surface area is 132 Å². The highest BCUT2D eigenvalue weighted by Crippen LogP contribution is 2.14. The van der Waals surface area contributed by atoms with Crippen molar-refractivity contribution in [1.29, 1.82) is 0 Å². The lowest BCUT2D eigenvalue weighted by molar-refractivity contribution is -0.116. The lowest BCUT2D eigenvalue weighted by Gasteiger charge is -2.23. The van der Waals surface area contributed by atoms with E-state index in [0.717, 1.165) is 19.6 Å². The van der Waals surface area contributed by atoms with Crippen molar-refractivity contribution in [3.63, 3.8) is 0 Å². The highest BCUT2D eigenvalue weighted by molar-refractivity contribution is 6.29. The average Bonchev–Trinajstić information content (AvgIpc) is 3.01. The summed E-state index contributed by atoms with van der Waals surface area (Å²) in [4.78, 5) is 24.4. The van der Waals surface area contributed by atoms with Crippen LogP contribution in [0.5, 0.6) is 0 Å². The van der Waals surface area contributed by atoms with E-state index in [0.29, 0.717) is 18.2 Å². The third kappa shape index (κ3) is 3.79. The normalized spacial score (nSPS) is 18.1. The summed E-state index contributed by atoms with van der Waals surface area (Å²) in [6.07, 6.45) is 5.25. The molecule has 1 fully saturated rings. The second kappa shape index (κ2) is 6.82. The van der Waals surface area contributed by atoms with Crippen molar-refractivity contribution >= 4 is 23.3 Å². The Kier molecular flexibility index (Phi) is 4.62. The number of anilines is 1. The highest BCUT2D eigenvalue weighted by atomic mass is 35.5. The van der Waals surface area contributed by atoms with Gasteiger partial charge >= 0.3 is 0 Å². The topological polar surface area (TPSA) is 96.8 Å². The Balaban J connectivity index is 1.67. The van der Waals surface area contributed by atoms with Gasteiger partial charge in [-0.1, -0.05) is 11.6 Å². The molecule has 3 N–H and O–H groups in total. The van der Waals surface area contributed by atoms with Crippen LogP contribution in [0.4, 0.5) is 5.82 Å². The quantitative estimate of drug-likeness (QED) is 0.696. The lowest BCUT2D eigenvalue weighted by Crippen LogP contribution is -2.49. The molecular formula is C13H16ClN7O. The first-order chi connectivity index (χ1) is 10.7. The molecule has 1 amide bonds. The van der Waals surface area contributed by atoms with Crippen LogP contribution in [0, 0.1) is 0 Å². The molecule has 0 aliphatic carbocycles. The first kappa shape index (κ1) is 14.9. The summed E-state index contributed by atoms with van der Waals surface area (Å²) in [7, 11) is 0. The monoisotopic (exact) mass is 321 g/mol. The number of halogens is 1. The Morgan fingerprint density at radius 3 is 3.09 bits per heavy atom. The number of rotatable bonds is 4. The fourth-order valence-electron chi connectivity index (χ4n) is 2.24. The number of nitrogens with zero attached hydrogens (tertiary/aromatic N) is 4. The largest absolute Gasteiger partial charge is 0.314 e. The minimum Gasteiger partial charge on any atom is -0.314 e. The molecule has 1 atom stereocenters. The van der Waals surface area contributed by atoms with Crippen LogP contribution in [0.2, 0.25) is 5.15 Å². The van der Waals surface area contributed by atoms with Gasteiger partial charge in [-0.15, -0.1) is 0 Å². The number of hydrogen-bond acceptors (Lipinski definition) is 6. The van der Waals surface area contributed by atoms with Crippen LogP contribution in [-0.4, -0.2) is 51.1 Å². The van der Waals surface area contributed by atoms with Gasteiger partial charge in [0, 0.05) is 50.6 Å². The number of piperazine rings is 1. The zero-order valence-corrected chi connectivity index (χ0v) is 12.5. The highest BCUT2D eigenvalue weighted by Gasteiger charge is 2.17. The van der Waals surface area contributed by atoms with Crippen molar-refractivity contribution in [1.82, 2.24) is 30.2 Å². The van der Waals surface area contributed by atoms with Gasteiger partial charge in [0.2, 0.25) is 11.9 Å². The molecule has 1 unspecified atom stereocenters. The van der Waals surface area contributed by atoms with E-state index in [2.05, 4.69) is 30.9 Å². The van der Waals surface area contributed by atoms with Crippen LogP contribution in [0.3, 0.4) is 0 Å². The van der Waals surface area contributed by atoms with Crippen molar-refractivity contribution in [3.05, 3.63) is 29.9 Å². The average molecular weight is 322 g/mol. The van der Waals surface area contributed by atoms with Crippen LogP contribution >= 0.6 is 11.6 Å². The molecule has 0 spiro atoms. The second-order valence-electron chi connectivity index (χ2n) is 4.95. The van der Waals surface area contributed by atoms with E-state index < -0.39 is 0 Å². The van der Waals surface area contributed by atoms with Gasteiger partial charge in [0.05, 0.1) is 0 Å². The number of carbonyl (C=O) groups excluding carboxylic acids is 1. The third-order valence-electron chi connectivity index (χ3n) is 3.24. The van der Waals surface area contributed by atoms with E-state index in [1.54, 1.807) is 23.3 Å². The Bertz CT molecular complexity index is 640. The zero-order chi connectivity index (χ0) is 15.4. The van der Waals surface area contributed by atoms with Crippen LogP contribution in [0.1, 0.15) is 6.42 Å². The maximum Gasteiger partial charge on any atom is 0.238 e. The fourth-order valence-corrected chi connectivity index (χ4v) is 2.42. The molecule has 0 saturated carbocycles. The van der Waals surface area contributed by atoms with Crippen LogP contribution < -0.4 is 16.0 Å². The number of nitrogens with one attached hydrogen (secondary N) is 3. The van der Waals surface area contributed by atoms with E-state index >= 15 is 0 Å². The predicted octanol–water partition coefficient (Wildman–Crippen LogP) is 0.206. The number of aromatic nitrogens is 4. The van der Waals surface area contributed by atoms with Gasteiger partial charge in [-0.2, -0.15) is 4.98 Å². The van der Waals surface area contributed by atoms with Crippen molar-refractivity contribution in [2.24, 2.45) is 0 Å². The molecule has 22 heavy (non-hydrogen) atoms. The standard InChI is InChI=1S/C13H16ClN7O/c14-10-6-11(20-13(18-10)21-4-3-16-8-21)19-12(22)5-9-7-15-1-2-17-9/h3-4,6,8-9,15,17H,1-2,5,7H2,(H,18,19,20,22). The molecular weight excluding hydrogens is 306 g/mol. The molecule has 8 nitrogen and oxygen atoms in total. The maximum absolute atomic E-state index is 12.1. The molecule has 2 aromatic rings. The number of hydrogen-bond donors (Lipinski definition) is 3. The first-order valence-electron chi connectivity index (χ1n) is 6.97. The van der Waals surface area contributed by atoms with Crippen molar-refractivity contribution in [3.8, 4) is 5.95 Å². The molecule has 1 aliphatic rings. The second-order valence-corrected chi connectivity index (χ2v) is 5.34. The molecule has 1 saturated heterocycles. The Hall–Kier alpha value is -2.03. The predicted molar refractivity (Wildman–Crippen MR) is 82.1 cm³/mol. The Morgan fingerprint density at radius 1 is 1.45 bits per heavy atom. The maximum atomic E-state index is 12.1. The number of carbonyl (C=O) groups is 1. The number of imidazole rings is 1. The van der Waals surface area contributed by atoms with Crippen LogP contribution in [0.15, 0.2) is 24.8 Å². The molecule has 116 valence electrons. The van der Waals surface area contributed by atoms with E-state index in [4.69, 9.17) is 11.6 Å². The zero-order valence-electron chi connectivity index (χ0n) is 11.8. The van der Waals surface area contributed by atoms with Crippen molar-refractivity contribution in [2.45, 2.75) is 12.5 Å². The van der Waals surface area contributed by atoms with E-state index in [1.165, 1.54) is 6.07 Å². The summed E-state index contributed by atoms with van der Waals surface area (Å²) in [5, 5.41) is 9.54. The van der Waals surface area contributed by atoms with Crippen molar-refractivity contribution in [2.75, 3.05) is 25.0 Å². The van der Waals surface area contributed by atoms with Gasteiger partial charge in [0.25, 0.3) is 0 Å². The first-order valence-corrected chi connectivity index (χ1v) is 7.35. The summed E-state index contributed by atoms with van der Waals surface area (Å²) < 4.78 is 1.62. The van der Waals surface area contributed by atoms with Crippen LogP contribution in [0.25, 0.3) is 5.95 Å². The van der Waals surface area contributed by atoms with Gasteiger partial charge in [0.1, 0.15) is 17.3 Å². The summed E-state index contributed by atoms with van der Waals surface area (Å²) in [6.45, 7) is 2.56. The Morgan fingerprint density at radius 2 is 2.36 bits per heavy atom. The fraction of sp³-hybridized carbons (Fsp3) is 0.385. The molecule has 0 aromatic carbocycles. The van der Waals surface area contributed by atoms with Gasteiger partial charge in [-0.05, 0) is 0 Å². The van der Waals surface area contributed by atoms with E-state index in [9.17, 15) is 4.79 Å².